The van der Waals surface area contributed by atoms with Crippen molar-refractivity contribution in [2.24, 2.45) is 0 Å². The van der Waals surface area contributed by atoms with Gasteiger partial charge in [0.2, 0.25) is 0 Å². The van der Waals surface area contributed by atoms with Crippen molar-refractivity contribution in [2.75, 3.05) is 20.3 Å². The summed E-state index contributed by atoms with van der Waals surface area (Å²) in [5.74, 6) is 1.04. The van der Waals surface area contributed by atoms with Crippen LogP contribution in [0.4, 0.5) is 0 Å². The number of hydrogen-bond donors (Lipinski definition) is 1. The Morgan fingerprint density at radius 1 is 1.21 bits per heavy atom. The maximum atomic E-state index is 6.16. The first-order valence-electron chi connectivity index (χ1n) is 7.17. The summed E-state index contributed by atoms with van der Waals surface area (Å²) in [6.07, 6.45) is 2.39. The molecule has 0 heterocycles. The van der Waals surface area contributed by atoms with Gasteiger partial charge in [-0.1, -0.05) is 32.0 Å². The van der Waals surface area contributed by atoms with Gasteiger partial charge in [-0.2, -0.15) is 0 Å². The van der Waals surface area contributed by atoms with Gasteiger partial charge in [0.25, 0.3) is 0 Å². The molecule has 0 spiro atoms. The fraction of sp³-hybridized carbons (Fsp3) is 0.625. The number of benzene rings is 1. The van der Waals surface area contributed by atoms with Crippen LogP contribution in [0.3, 0.4) is 0 Å². The first-order chi connectivity index (χ1) is 9.22. The highest BCUT2D eigenvalue weighted by Crippen LogP contribution is 2.25. The average molecular weight is 265 g/mol. The van der Waals surface area contributed by atoms with Crippen molar-refractivity contribution < 1.29 is 9.47 Å². The van der Waals surface area contributed by atoms with Crippen molar-refractivity contribution in [2.45, 2.75) is 46.3 Å². The summed E-state index contributed by atoms with van der Waals surface area (Å²) in [4.78, 5) is 0. The number of aryl methyl sites for hydroxylation is 1. The maximum Gasteiger partial charge on any atom is 0.127 e. The van der Waals surface area contributed by atoms with Crippen molar-refractivity contribution in [1.82, 2.24) is 5.32 Å². The molecule has 0 atom stereocenters. The standard InChI is InChI=1S/C16H27NO2/c1-5-15(6-2)19-16-13(3)8-7-9-14(16)12-17-10-11-18-4/h7-9,15,17H,5-6,10-12H2,1-4H3. The van der Waals surface area contributed by atoms with E-state index in [1.54, 1.807) is 7.11 Å². The Hall–Kier alpha value is -1.06. The van der Waals surface area contributed by atoms with Crippen LogP contribution in [-0.4, -0.2) is 26.4 Å². The molecule has 0 fully saturated rings. The van der Waals surface area contributed by atoms with Gasteiger partial charge in [0.15, 0.2) is 0 Å². The minimum atomic E-state index is 0.304. The lowest BCUT2D eigenvalue weighted by molar-refractivity contribution is 0.187. The molecular formula is C16H27NO2. The zero-order valence-corrected chi connectivity index (χ0v) is 12.7. The molecule has 1 rings (SSSR count). The van der Waals surface area contributed by atoms with Crippen LogP contribution < -0.4 is 10.1 Å². The van der Waals surface area contributed by atoms with E-state index in [2.05, 4.69) is 44.3 Å². The molecule has 108 valence electrons. The summed E-state index contributed by atoms with van der Waals surface area (Å²) in [7, 11) is 1.72. The van der Waals surface area contributed by atoms with Gasteiger partial charge in [-0.05, 0) is 25.3 Å². The molecule has 0 bridgehead atoms. The molecular weight excluding hydrogens is 238 g/mol. The molecule has 3 heteroatoms. The van der Waals surface area contributed by atoms with Crippen LogP contribution in [0, 0.1) is 6.92 Å². The molecule has 3 nitrogen and oxygen atoms in total. The van der Waals surface area contributed by atoms with Crippen LogP contribution >= 0.6 is 0 Å². The zero-order chi connectivity index (χ0) is 14.1. The first kappa shape index (κ1) is 16.0. The lowest BCUT2D eigenvalue weighted by Crippen LogP contribution is -2.21. The first-order valence-corrected chi connectivity index (χ1v) is 7.17. The number of methoxy groups -OCH3 is 1. The molecule has 0 saturated carbocycles. The van der Waals surface area contributed by atoms with E-state index < -0.39 is 0 Å². The molecule has 0 radical (unpaired) electrons. The number of ether oxygens (including phenoxy) is 2. The van der Waals surface area contributed by atoms with E-state index in [-0.39, 0.29) is 0 Å². The van der Waals surface area contributed by atoms with Crippen molar-refractivity contribution in [3.05, 3.63) is 29.3 Å². The Bertz CT molecular complexity index is 362. The third-order valence-corrected chi connectivity index (χ3v) is 3.29. The summed E-state index contributed by atoms with van der Waals surface area (Å²) < 4.78 is 11.2. The Kier molecular flexibility index (Phi) is 7.53. The second-order valence-electron chi connectivity index (χ2n) is 4.79. The molecule has 0 aliphatic rings. The van der Waals surface area contributed by atoms with E-state index in [0.29, 0.717) is 6.10 Å². The topological polar surface area (TPSA) is 30.5 Å². The maximum absolute atomic E-state index is 6.16. The van der Waals surface area contributed by atoms with Crippen LogP contribution in [0.1, 0.15) is 37.8 Å². The summed E-state index contributed by atoms with van der Waals surface area (Å²) in [5, 5.41) is 3.37. The van der Waals surface area contributed by atoms with Gasteiger partial charge in [0.1, 0.15) is 5.75 Å². The normalized spacial score (nSPS) is 11.0. The fourth-order valence-electron chi connectivity index (χ4n) is 2.04. The molecule has 0 saturated heterocycles. The molecule has 0 amide bonds. The van der Waals surface area contributed by atoms with Gasteiger partial charge in [-0.25, -0.2) is 0 Å². The van der Waals surface area contributed by atoms with Gasteiger partial charge in [-0.3, -0.25) is 0 Å². The molecule has 0 aliphatic heterocycles. The van der Waals surface area contributed by atoms with Crippen LogP contribution in [0.15, 0.2) is 18.2 Å². The second-order valence-corrected chi connectivity index (χ2v) is 4.79. The predicted octanol–water partition coefficient (Wildman–Crippen LogP) is 3.30. The summed E-state index contributed by atoms with van der Waals surface area (Å²) in [5.41, 5.74) is 2.43. The van der Waals surface area contributed by atoms with E-state index >= 15 is 0 Å². The lowest BCUT2D eigenvalue weighted by atomic mass is 10.1. The summed E-state index contributed by atoms with van der Waals surface area (Å²) in [6.45, 7) is 8.85. The number of nitrogens with one attached hydrogen (secondary N) is 1. The highest BCUT2D eigenvalue weighted by molar-refractivity contribution is 5.40. The molecule has 1 N–H and O–H groups in total. The van der Waals surface area contributed by atoms with Crippen LogP contribution in [0.2, 0.25) is 0 Å². The monoisotopic (exact) mass is 265 g/mol. The molecule has 1 aromatic carbocycles. The average Bonchev–Trinajstić information content (AvgIpc) is 2.43. The highest BCUT2D eigenvalue weighted by atomic mass is 16.5. The lowest BCUT2D eigenvalue weighted by Gasteiger charge is -2.20. The largest absolute Gasteiger partial charge is 0.490 e. The van der Waals surface area contributed by atoms with Crippen molar-refractivity contribution in [3.8, 4) is 5.75 Å². The van der Waals surface area contributed by atoms with Gasteiger partial charge < -0.3 is 14.8 Å². The quantitative estimate of drug-likeness (QED) is 0.695. The Morgan fingerprint density at radius 2 is 1.95 bits per heavy atom. The molecule has 0 aromatic heterocycles. The summed E-state index contributed by atoms with van der Waals surface area (Å²) >= 11 is 0. The van der Waals surface area contributed by atoms with Gasteiger partial charge >= 0.3 is 0 Å². The van der Waals surface area contributed by atoms with E-state index in [1.165, 1.54) is 11.1 Å². The minimum absolute atomic E-state index is 0.304. The molecule has 19 heavy (non-hydrogen) atoms. The molecule has 1 aromatic rings. The van der Waals surface area contributed by atoms with Gasteiger partial charge in [0, 0.05) is 25.8 Å². The van der Waals surface area contributed by atoms with Crippen LogP contribution in [0.5, 0.6) is 5.75 Å². The van der Waals surface area contributed by atoms with E-state index in [9.17, 15) is 0 Å². The second kappa shape index (κ2) is 8.94. The summed E-state index contributed by atoms with van der Waals surface area (Å²) in [6, 6.07) is 6.32. The number of para-hydroxylation sites is 1. The van der Waals surface area contributed by atoms with Crippen molar-refractivity contribution in [1.29, 1.82) is 0 Å². The zero-order valence-electron chi connectivity index (χ0n) is 12.7. The third-order valence-electron chi connectivity index (χ3n) is 3.29. The van der Waals surface area contributed by atoms with Gasteiger partial charge in [-0.15, -0.1) is 0 Å². The fourth-order valence-corrected chi connectivity index (χ4v) is 2.04. The Labute approximate surface area is 117 Å². The van der Waals surface area contributed by atoms with Crippen LogP contribution in [0.25, 0.3) is 0 Å². The van der Waals surface area contributed by atoms with Crippen molar-refractivity contribution in [3.63, 3.8) is 0 Å². The predicted molar refractivity (Wildman–Crippen MR) is 79.8 cm³/mol. The van der Waals surface area contributed by atoms with E-state index in [1.807, 2.05) is 0 Å². The van der Waals surface area contributed by atoms with E-state index in [0.717, 1.165) is 38.3 Å². The third kappa shape index (κ3) is 5.21. The van der Waals surface area contributed by atoms with Gasteiger partial charge in [0.05, 0.1) is 12.7 Å². The van der Waals surface area contributed by atoms with E-state index in [4.69, 9.17) is 9.47 Å². The Morgan fingerprint density at radius 3 is 2.58 bits per heavy atom. The minimum Gasteiger partial charge on any atom is -0.490 e. The SMILES string of the molecule is CCC(CC)Oc1c(C)cccc1CNCCOC. The van der Waals surface area contributed by atoms with Crippen LogP contribution in [-0.2, 0) is 11.3 Å². The smallest absolute Gasteiger partial charge is 0.127 e. The number of rotatable bonds is 9. The van der Waals surface area contributed by atoms with Crippen molar-refractivity contribution >= 4 is 0 Å². The molecule has 0 aliphatic carbocycles. The highest BCUT2D eigenvalue weighted by Gasteiger charge is 2.11. The number of hydrogen-bond acceptors (Lipinski definition) is 3. The Balaban J connectivity index is 2.71. The molecule has 0 unspecified atom stereocenters.